The Morgan fingerprint density at radius 3 is 2.11 bits per heavy atom. The van der Waals surface area contributed by atoms with Crippen LogP contribution in [0.15, 0.2) is 53.4 Å². The molecule has 0 saturated carbocycles. The van der Waals surface area contributed by atoms with Crippen molar-refractivity contribution in [3.8, 4) is 5.75 Å². The van der Waals surface area contributed by atoms with E-state index in [-0.39, 0.29) is 13.1 Å². The van der Waals surface area contributed by atoms with E-state index in [1.54, 1.807) is 0 Å². The smallest absolute Gasteiger partial charge is 0.421 e. The standard InChI is InChI=1S/C19H19F3N2O2S/c1-14-2-8-17(9-3-14)27-26-16-6-4-15(5-7-16)23-10-12-24(13-11-23)18(25)19(20,21)22/h2-9H,10-13H2,1H3. The topological polar surface area (TPSA) is 32.8 Å². The van der Waals surface area contributed by atoms with Gasteiger partial charge < -0.3 is 14.0 Å². The molecule has 8 heteroatoms. The van der Waals surface area contributed by atoms with Crippen molar-refractivity contribution < 1.29 is 22.1 Å². The third-order valence-electron chi connectivity index (χ3n) is 4.27. The Bertz CT molecular complexity index is 771. The molecule has 1 aliphatic rings. The minimum absolute atomic E-state index is 0.0554. The molecule has 1 aliphatic heterocycles. The quantitative estimate of drug-likeness (QED) is 0.722. The van der Waals surface area contributed by atoms with Gasteiger partial charge >= 0.3 is 12.1 Å². The first-order valence-corrected chi connectivity index (χ1v) is 9.19. The van der Waals surface area contributed by atoms with Crippen molar-refractivity contribution >= 4 is 23.6 Å². The molecule has 0 atom stereocenters. The lowest BCUT2D eigenvalue weighted by Gasteiger charge is -2.36. The number of benzene rings is 2. The number of rotatable bonds is 4. The predicted molar refractivity (Wildman–Crippen MR) is 99.0 cm³/mol. The van der Waals surface area contributed by atoms with Crippen LogP contribution in [-0.4, -0.2) is 43.2 Å². The molecule has 27 heavy (non-hydrogen) atoms. The first-order valence-electron chi connectivity index (χ1n) is 8.45. The van der Waals surface area contributed by atoms with Crippen molar-refractivity contribution in [2.75, 3.05) is 31.1 Å². The number of alkyl halides is 3. The summed E-state index contributed by atoms with van der Waals surface area (Å²) in [5.74, 6) is -1.07. The van der Waals surface area contributed by atoms with E-state index in [2.05, 4.69) is 0 Å². The van der Waals surface area contributed by atoms with Crippen LogP contribution < -0.4 is 9.08 Å². The number of hydrogen-bond acceptors (Lipinski definition) is 4. The average Bonchev–Trinajstić information content (AvgIpc) is 2.67. The summed E-state index contributed by atoms with van der Waals surface area (Å²) in [5.41, 5.74) is 2.07. The van der Waals surface area contributed by atoms with Gasteiger partial charge in [0.2, 0.25) is 0 Å². The summed E-state index contributed by atoms with van der Waals surface area (Å²) in [7, 11) is 0. The molecule has 1 fully saturated rings. The summed E-state index contributed by atoms with van der Waals surface area (Å²) in [4.78, 5) is 15.1. The molecule has 2 aromatic carbocycles. The minimum atomic E-state index is -4.81. The molecular formula is C19H19F3N2O2S. The Hall–Kier alpha value is -2.35. The Labute approximate surface area is 160 Å². The summed E-state index contributed by atoms with van der Waals surface area (Å²) < 4.78 is 43.2. The maximum atomic E-state index is 12.5. The largest absolute Gasteiger partial charge is 0.471 e. The summed E-state index contributed by atoms with van der Waals surface area (Å²) in [6, 6.07) is 15.4. The fourth-order valence-corrected chi connectivity index (χ4v) is 3.30. The van der Waals surface area contributed by atoms with Crippen LogP contribution in [0.4, 0.5) is 18.9 Å². The van der Waals surface area contributed by atoms with E-state index in [0.717, 1.165) is 15.5 Å². The number of carbonyl (C=O) groups excluding carboxylic acids is 1. The zero-order chi connectivity index (χ0) is 19.4. The van der Waals surface area contributed by atoms with E-state index in [1.807, 2.05) is 60.4 Å². The molecule has 144 valence electrons. The molecule has 1 heterocycles. The molecule has 1 saturated heterocycles. The van der Waals surface area contributed by atoms with Gasteiger partial charge in [-0.25, -0.2) is 0 Å². The number of amides is 1. The third-order valence-corrected chi connectivity index (χ3v) is 5.01. The molecule has 0 unspecified atom stereocenters. The molecule has 3 rings (SSSR count). The molecule has 0 aliphatic carbocycles. The van der Waals surface area contributed by atoms with E-state index in [1.165, 1.54) is 17.6 Å². The number of carbonyl (C=O) groups is 1. The summed E-state index contributed by atoms with van der Waals surface area (Å²) in [6.45, 7) is 2.85. The van der Waals surface area contributed by atoms with Crippen LogP contribution in [0.1, 0.15) is 5.56 Å². The molecule has 0 N–H and O–H groups in total. The van der Waals surface area contributed by atoms with Crippen LogP contribution >= 0.6 is 12.0 Å². The van der Waals surface area contributed by atoms with Gasteiger partial charge in [-0.05, 0) is 43.3 Å². The van der Waals surface area contributed by atoms with Crippen LogP contribution in [0.2, 0.25) is 0 Å². The second kappa shape index (κ2) is 8.12. The van der Waals surface area contributed by atoms with E-state index in [4.69, 9.17) is 4.18 Å². The van der Waals surface area contributed by atoms with Gasteiger partial charge in [-0.15, -0.1) is 0 Å². The fourth-order valence-electron chi connectivity index (χ4n) is 2.75. The normalized spacial score (nSPS) is 15.0. The highest BCUT2D eigenvalue weighted by atomic mass is 32.2. The van der Waals surface area contributed by atoms with Gasteiger partial charge in [0.15, 0.2) is 0 Å². The highest BCUT2D eigenvalue weighted by Gasteiger charge is 2.43. The molecule has 1 amide bonds. The molecule has 0 bridgehead atoms. The van der Waals surface area contributed by atoms with E-state index < -0.39 is 12.1 Å². The van der Waals surface area contributed by atoms with Crippen LogP contribution in [0.25, 0.3) is 0 Å². The van der Waals surface area contributed by atoms with Crippen molar-refractivity contribution in [3.05, 3.63) is 54.1 Å². The molecule has 0 radical (unpaired) electrons. The Kier molecular flexibility index (Phi) is 5.84. The lowest BCUT2D eigenvalue weighted by Crippen LogP contribution is -2.52. The summed E-state index contributed by atoms with van der Waals surface area (Å²) >= 11 is 1.27. The van der Waals surface area contributed by atoms with Crippen molar-refractivity contribution in [3.63, 3.8) is 0 Å². The lowest BCUT2D eigenvalue weighted by molar-refractivity contribution is -0.185. The van der Waals surface area contributed by atoms with Gasteiger partial charge in [0.25, 0.3) is 0 Å². The number of halogens is 3. The maximum absolute atomic E-state index is 12.5. The second-order valence-electron chi connectivity index (χ2n) is 6.25. The number of anilines is 1. The number of nitrogens with zero attached hydrogens (tertiary/aromatic N) is 2. The van der Waals surface area contributed by atoms with Gasteiger partial charge in [-0.3, -0.25) is 4.79 Å². The zero-order valence-electron chi connectivity index (χ0n) is 14.7. The van der Waals surface area contributed by atoms with Crippen molar-refractivity contribution in [2.24, 2.45) is 0 Å². The Morgan fingerprint density at radius 1 is 0.963 bits per heavy atom. The SMILES string of the molecule is Cc1ccc(SOc2ccc(N3CCN(C(=O)C(F)(F)F)CC3)cc2)cc1. The highest BCUT2D eigenvalue weighted by Crippen LogP contribution is 2.27. The van der Waals surface area contributed by atoms with Gasteiger partial charge in [-0.1, -0.05) is 17.7 Å². The zero-order valence-corrected chi connectivity index (χ0v) is 15.5. The molecule has 4 nitrogen and oxygen atoms in total. The fraction of sp³-hybridized carbons (Fsp3) is 0.316. The van der Waals surface area contributed by atoms with Crippen LogP contribution in [0, 0.1) is 6.92 Å². The number of piperazine rings is 1. The monoisotopic (exact) mass is 396 g/mol. The van der Waals surface area contributed by atoms with Gasteiger partial charge in [0.1, 0.15) is 5.75 Å². The summed E-state index contributed by atoms with van der Waals surface area (Å²) in [5, 5.41) is 0. The summed E-state index contributed by atoms with van der Waals surface area (Å²) in [6.07, 6.45) is -4.81. The first-order chi connectivity index (χ1) is 12.8. The lowest BCUT2D eigenvalue weighted by atomic mass is 10.2. The van der Waals surface area contributed by atoms with E-state index in [9.17, 15) is 18.0 Å². The van der Waals surface area contributed by atoms with Crippen molar-refractivity contribution in [1.82, 2.24) is 4.90 Å². The Morgan fingerprint density at radius 2 is 1.56 bits per heavy atom. The van der Waals surface area contributed by atoms with Crippen LogP contribution in [0.3, 0.4) is 0 Å². The minimum Gasteiger partial charge on any atom is -0.421 e. The molecule has 0 aromatic heterocycles. The van der Waals surface area contributed by atoms with Crippen molar-refractivity contribution in [1.29, 1.82) is 0 Å². The first kappa shape index (κ1) is 19.4. The van der Waals surface area contributed by atoms with Gasteiger partial charge in [0.05, 0.1) is 12.0 Å². The predicted octanol–water partition coefficient (Wildman–Crippen LogP) is 4.29. The van der Waals surface area contributed by atoms with Gasteiger partial charge in [-0.2, -0.15) is 13.2 Å². The van der Waals surface area contributed by atoms with Crippen LogP contribution in [-0.2, 0) is 4.79 Å². The molecule has 2 aromatic rings. The number of aryl methyl sites for hydroxylation is 1. The van der Waals surface area contributed by atoms with Gasteiger partial charge in [0, 0.05) is 36.8 Å². The third kappa shape index (κ3) is 5.09. The number of hydrogen-bond donors (Lipinski definition) is 0. The van der Waals surface area contributed by atoms with Crippen LogP contribution in [0.5, 0.6) is 5.75 Å². The highest BCUT2D eigenvalue weighted by molar-refractivity contribution is 7.95. The van der Waals surface area contributed by atoms with Crippen molar-refractivity contribution in [2.45, 2.75) is 18.0 Å². The molecular weight excluding hydrogens is 377 g/mol. The maximum Gasteiger partial charge on any atom is 0.471 e. The Balaban J connectivity index is 1.52. The second-order valence-corrected chi connectivity index (χ2v) is 7.06. The average molecular weight is 396 g/mol. The van der Waals surface area contributed by atoms with E-state index in [0.29, 0.717) is 18.8 Å². The van der Waals surface area contributed by atoms with E-state index >= 15 is 0 Å². The molecule has 0 spiro atoms.